The molecule has 0 aliphatic rings. The quantitative estimate of drug-likeness (QED) is 0.536. The Bertz CT molecular complexity index is 989. The van der Waals surface area contributed by atoms with E-state index < -0.39 is 0 Å². The van der Waals surface area contributed by atoms with Crippen LogP contribution < -0.4 is 0 Å². The van der Waals surface area contributed by atoms with Crippen LogP contribution in [0.25, 0.3) is 16.7 Å². The van der Waals surface area contributed by atoms with Crippen molar-refractivity contribution in [2.75, 3.05) is 0 Å². The van der Waals surface area contributed by atoms with Gasteiger partial charge in [0.25, 0.3) is 0 Å². The molecule has 0 amide bonds. The lowest BCUT2D eigenvalue weighted by Crippen LogP contribution is -2.26. The molecule has 0 saturated carbocycles. The van der Waals surface area contributed by atoms with E-state index in [1.807, 2.05) is 24.3 Å². The zero-order valence-corrected chi connectivity index (χ0v) is 19.2. The van der Waals surface area contributed by atoms with Gasteiger partial charge in [0.15, 0.2) is 0 Å². The fourth-order valence-electron chi connectivity index (χ4n) is 4.26. The van der Waals surface area contributed by atoms with Crippen LogP contribution in [0.3, 0.4) is 0 Å². The van der Waals surface area contributed by atoms with E-state index in [-0.39, 0.29) is 22.0 Å². The highest BCUT2D eigenvalue weighted by Crippen LogP contribution is 2.43. The summed E-state index contributed by atoms with van der Waals surface area (Å²) in [5.41, 5.74) is 4.45. The van der Waals surface area contributed by atoms with Gasteiger partial charge in [0.1, 0.15) is 22.5 Å². The van der Waals surface area contributed by atoms with Gasteiger partial charge < -0.3 is 5.11 Å². The van der Waals surface area contributed by atoms with Gasteiger partial charge in [-0.3, -0.25) is 0 Å². The molecule has 0 radical (unpaired) electrons. The summed E-state index contributed by atoms with van der Waals surface area (Å²) in [6.45, 7) is 17.9. The molecule has 1 heterocycles. The van der Waals surface area contributed by atoms with E-state index in [9.17, 15) is 5.11 Å². The number of hydrogen-bond donors (Lipinski definition) is 1. The Labute approximate surface area is 175 Å². The molecule has 0 fully saturated rings. The number of phenols is 1. The molecule has 0 atom stereocenters. The third-order valence-corrected chi connectivity index (χ3v) is 5.96. The Morgan fingerprint density at radius 3 is 1.90 bits per heavy atom. The third kappa shape index (κ3) is 4.31. The maximum absolute atomic E-state index is 11.3. The van der Waals surface area contributed by atoms with Crippen molar-refractivity contribution in [3.63, 3.8) is 0 Å². The van der Waals surface area contributed by atoms with Crippen molar-refractivity contribution < 1.29 is 5.11 Å². The van der Waals surface area contributed by atoms with Crippen LogP contribution in [-0.4, -0.2) is 20.1 Å². The topological polar surface area (TPSA) is 50.9 Å². The average Bonchev–Trinajstić information content (AvgIpc) is 3.03. The highest BCUT2D eigenvalue weighted by Gasteiger charge is 2.32. The van der Waals surface area contributed by atoms with Crippen LogP contribution in [0.15, 0.2) is 36.4 Å². The fourth-order valence-corrected chi connectivity index (χ4v) is 4.26. The van der Waals surface area contributed by atoms with Gasteiger partial charge in [0, 0.05) is 5.56 Å². The maximum atomic E-state index is 11.3. The minimum Gasteiger partial charge on any atom is -0.505 e. The van der Waals surface area contributed by atoms with Crippen molar-refractivity contribution in [3.8, 4) is 11.4 Å². The van der Waals surface area contributed by atoms with E-state index in [4.69, 9.17) is 0 Å². The lowest BCUT2D eigenvalue weighted by Gasteiger charge is -2.35. The van der Waals surface area contributed by atoms with Gasteiger partial charge in [0.2, 0.25) is 0 Å². The monoisotopic (exact) mass is 393 g/mol. The Morgan fingerprint density at radius 1 is 0.862 bits per heavy atom. The summed E-state index contributed by atoms with van der Waals surface area (Å²) in [6.07, 6.45) is 1.96. The standard InChI is InChI=1S/C25H35N3O/c1-9-24(5,6)18-14-17(25(7,8)16-23(2,3)4)15-21(22(18)29)28-26-19-12-10-11-13-20(19)27-28/h10-15,29H,9,16H2,1-8H3. The molecule has 0 bridgehead atoms. The second-order valence-electron chi connectivity index (χ2n) is 10.7. The third-order valence-electron chi connectivity index (χ3n) is 5.96. The fraction of sp³-hybridized carbons (Fsp3) is 0.520. The van der Waals surface area contributed by atoms with Gasteiger partial charge in [-0.1, -0.05) is 73.6 Å². The van der Waals surface area contributed by atoms with Gasteiger partial charge in [-0.25, -0.2) is 0 Å². The summed E-state index contributed by atoms with van der Waals surface area (Å²) < 4.78 is 0. The SMILES string of the molecule is CCC(C)(C)c1cc(C(C)(C)CC(C)(C)C)cc(-n2nc3ccccc3n2)c1O. The molecule has 4 heteroatoms. The molecule has 0 saturated heterocycles. The Balaban J connectivity index is 2.26. The lowest BCUT2D eigenvalue weighted by molar-refractivity contribution is 0.283. The van der Waals surface area contributed by atoms with Gasteiger partial charge in [-0.05, 0) is 52.8 Å². The van der Waals surface area contributed by atoms with Crippen LogP contribution in [0.5, 0.6) is 5.75 Å². The molecule has 1 aromatic heterocycles. The van der Waals surface area contributed by atoms with Gasteiger partial charge >= 0.3 is 0 Å². The van der Waals surface area contributed by atoms with Crippen molar-refractivity contribution in [1.82, 2.24) is 15.0 Å². The van der Waals surface area contributed by atoms with Crippen LogP contribution in [-0.2, 0) is 10.8 Å². The Kier molecular flexibility index (Phi) is 5.27. The highest BCUT2D eigenvalue weighted by molar-refractivity contribution is 5.73. The summed E-state index contributed by atoms with van der Waals surface area (Å²) in [7, 11) is 0. The van der Waals surface area contributed by atoms with Crippen molar-refractivity contribution >= 4 is 11.0 Å². The van der Waals surface area contributed by atoms with Crippen molar-refractivity contribution in [2.45, 2.75) is 79.1 Å². The second kappa shape index (κ2) is 7.16. The van der Waals surface area contributed by atoms with E-state index in [1.54, 1.807) is 4.80 Å². The number of benzene rings is 2. The van der Waals surface area contributed by atoms with Gasteiger partial charge in [-0.15, -0.1) is 15.0 Å². The molecule has 0 unspecified atom stereocenters. The largest absolute Gasteiger partial charge is 0.505 e. The van der Waals surface area contributed by atoms with E-state index in [0.717, 1.165) is 29.4 Å². The first kappa shape index (κ1) is 21.4. The highest BCUT2D eigenvalue weighted by atomic mass is 16.3. The molecule has 29 heavy (non-hydrogen) atoms. The summed E-state index contributed by atoms with van der Waals surface area (Å²) in [5, 5.41) is 20.5. The maximum Gasteiger partial charge on any atom is 0.146 e. The average molecular weight is 394 g/mol. The number of nitrogens with zero attached hydrogens (tertiary/aromatic N) is 3. The lowest BCUT2D eigenvalue weighted by atomic mass is 9.70. The molecule has 156 valence electrons. The number of fused-ring (bicyclic) bond motifs is 1. The summed E-state index contributed by atoms with van der Waals surface area (Å²) in [4.78, 5) is 1.59. The normalized spacial score (nSPS) is 13.2. The van der Waals surface area contributed by atoms with Crippen LogP contribution in [0, 0.1) is 5.41 Å². The molecular weight excluding hydrogens is 358 g/mol. The van der Waals surface area contributed by atoms with E-state index in [0.29, 0.717) is 5.69 Å². The summed E-state index contributed by atoms with van der Waals surface area (Å²) >= 11 is 0. The molecule has 3 aromatic rings. The zero-order chi connectivity index (χ0) is 21.6. The molecule has 0 aliphatic carbocycles. The molecular formula is C25H35N3O. The Morgan fingerprint density at radius 2 is 1.41 bits per heavy atom. The number of phenolic OH excluding ortho intramolecular Hbond substituents is 1. The zero-order valence-electron chi connectivity index (χ0n) is 19.2. The van der Waals surface area contributed by atoms with Gasteiger partial charge in [-0.2, -0.15) is 0 Å². The number of hydrogen-bond acceptors (Lipinski definition) is 3. The predicted octanol–water partition coefficient (Wildman–Crippen LogP) is 6.53. The molecule has 4 nitrogen and oxygen atoms in total. The molecule has 1 N–H and O–H groups in total. The van der Waals surface area contributed by atoms with Crippen molar-refractivity contribution in [3.05, 3.63) is 47.5 Å². The first-order valence-electron chi connectivity index (χ1n) is 10.5. The van der Waals surface area contributed by atoms with Crippen LogP contribution in [0.2, 0.25) is 0 Å². The molecule has 0 spiro atoms. The van der Waals surface area contributed by atoms with Crippen LogP contribution >= 0.6 is 0 Å². The van der Waals surface area contributed by atoms with E-state index >= 15 is 0 Å². The molecule has 2 aromatic carbocycles. The second-order valence-corrected chi connectivity index (χ2v) is 10.7. The summed E-state index contributed by atoms with van der Waals surface area (Å²) in [6, 6.07) is 12.1. The van der Waals surface area contributed by atoms with Crippen molar-refractivity contribution in [1.29, 1.82) is 0 Å². The molecule has 3 rings (SSSR count). The molecule has 0 aliphatic heterocycles. The summed E-state index contributed by atoms with van der Waals surface area (Å²) in [5.74, 6) is 0.271. The van der Waals surface area contributed by atoms with E-state index in [1.165, 1.54) is 5.56 Å². The number of aromatic nitrogens is 3. The van der Waals surface area contributed by atoms with Gasteiger partial charge in [0.05, 0.1) is 0 Å². The minimum absolute atomic E-state index is 0.0498. The smallest absolute Gasteiger partial charge is 0.146 e. The number of aromatic hydroxyl groups is 1. The predicted molar refractivity (Wildman–Crippen MR) is 121 cm³/mol. The van der Waals surface area contributed by atoms with Crippen molar-refractivity contribution in [2.24, 2.45) is 5.41 Å². The van der Waals surface area contributed by atoms with Crippen LogP contribution in [0.4, 0.5) is 0 Å². The Hall–Kier alpha value is -2.36. The minimum atomic E-state index is -0.154. The van der Waals surface area contributed by atoms with E-state index in [2.05, 4.69) is 77.7 Å². The first-order chi connectivity index (χ1) is 13.3. The first-order valence-corrected chi connectivity index (χ1v) is 10.5. The number of rotatable bonds is 5. The van der Waals surface area contributed by atoms with Crippen LogP contribution in [0.1, 0.15) is 79.4 Å².